The summed E-state index contributed by atoms with van der Waals surface area (Å²) >= 11 is 0. The minimum Gasteiger partial charge on any atom is -0.379 e. The van der Waals surface area contributed by atoms with Crippen LogP contribution in [0.1, 0.15) is 29.8 Å². The second kappa shape index (κ2) is 6.52. The molecule has 0 bridgehead atoms. The fraction of sp³-hybridized carbons (Fsp3) is 0.474. The molecule has 25 heavy (non-hydrogen) atoms. The van der Waals surface area contributed by atoms with Gasteiger partial charge in [-0.25, -0.2) is 0 Å². The number of carbonyl (C=O) groups is 1. The lowest BCUT2D eigenvalue weighted by Crippen LogP contribution is -2.50. The molecule has 1 spiro atoms. The lowest BCUT2D eigenvalue weighted by Gasteiger charge is -2.39. The van der Waals surface area contributed by atoms with Crippen LogP contribution in [-0.2, 0) is 11.8 Å². The topological polar surface area (TPSA) is 59.4 Å². The second-order valence-corrected chi connectivity index (χ2v) is 7.12. The predicted molar refractivity (Wildman–Crippen MR) is 95.5 cm³/mol. The number of aryl methyl sites for hydroxylation is 1. The molecular formula is C19H24N4O2. The summed E-state index contributed by atoms with van der Waals surface area (Å²) in [6.07, 6.45) is 8.42. The fourth-order valence-corrected chi connectivity index (χ4v) is 4.02. The lowest BCUT2D eigenvalue weighted by molar-refractivity contribution is -0.0449. The van der Waals surface area contributed by atoms with Gasteiger partial charge in [0.05, 0.1) is 30.5 Å². The molecule has 2 atom stereocenters. The Bertz CT molecular complexity index is 745. The molecule has 0 unspecified atom stereocenters. The van der Waals surface area contributed by atoms with E-state index in [9.17, 15) is 4.79 Å². The zero-order chi connectivity index (χ0) is 17.3. The summed E-state index contributed by atoms with van der Waals surface area (Å²) in [7, 11) is 1.91. The molecule has 2 aromatic rings. The molecule has 2 aliphatic rings. The standard InChI is InChI=1S/C19H24N4O2/c1-22-9-3-6-17(22)18(24)23-10-4-7-19(14-23)11-16(13-25-19)21-15-5-2-8-20-12-15/h2-3,5-6,8-9,12,16,21H,4,7,10-11,13-14H2,1H3/t16-,19-/m1/s1. The molecule has 2 aliphatic heterocycles. The summed E-state index contributed by atoms with van der Waals surface area (Å²) in [5, 5.41) is 3.50. The largest absolute Gasteiger partial charge is 0.379 e. The number of amides is 1. The molecule has 1 N–H and O–H groups in total. The van der Waals surface area contributed by atoms with Crippen molar-refractivity contribution in [1.82, 2.24) is 14.5 Å². The van der Waals surface area contributed by atoms with Crippen LogP contribution < -0.4 is 5.32 Å². The number of pyridine rings is 1. The summed E-state index contributed by atoms with van der Waals surface area (Å²) in [6.45, 7) is 2.14. The van der Waals surface area contributed by atoms with Crippen LogP contribution in [0.4, 0.5) is 5.69 Å². The maximum atomic E-state index is 12.8. The molecule has 2 aromatic heterocycles. The number of rotatable bonds is 3. The number of likely N-dealkylation sites (tertiary alicyclic amines) is 1. The van der Waals surface area contributed by atoms with Gasteiger partial charge in [0.15, 0.2) is 0 Å². The van der Waals surface area contributed by atoms with Gasteiger partial charge < -0.3 is 19.5 Å². The lowest BCUT2D eigenvalue weighted by atomic mass is 9.88. The first-order chi connectivity index (χ1) is 12.2. The number of nitrogens with zero attached hydrogens (tertiary/aromatic N) is 3. The first-order valence-electron chi connectivity index (χ1n) is 8.86. The average Bonchev–Trinajstić information content (AvgIpc) is 3.22. The van der Waals surface area contributed by atoms with E-state index in [2.05, 4.69) is 10.3 Å². The van der Waals surface area contributed by atoms with Crippen molar-refractivity contribution in [2.45, 2.75) is 30.9 Å². The zero-order valence-corrected chi connectivity index (χ0v) is 14.5. The molecule has 4 heterocycles. The number of ether oxygens (including phenoxy) is 1. The van der Waals surface area contributed by atoms with E-state index in [4.69, 9.17) is 4.74 Å². The van der Waals surface area contributed by atoms with Crippen molar-refractivity contribution in [3.8, 4) is 0 Å². The molecule has 6 nitrogen and oxygen atoms in total. The van der Waals surface area contributed by atoms with E-state index in [0.717, 1.165) is 37.2 Å². The van der Waals surface area contributed by atoms with Crippen LogP contribution in [0.2, 0.25) is 0 Å². The first-order valence-corrected chi connectivity index (χ1v) is 8.86. The first kappa shape index (κ1) is 16.1. The number of hydrogen-bond donors (Lipinski definition) is 1. The molecule has 2 fully saturated rings. The van der Waals surface area contributed by atoms with Gasteiger partial charge in [-0.3, -0.25) is 9.78 Å². The van der Waals surface area contributed by atoms with Crippen LogP contribution in [-0.4, -0.2) is 51.7 Å². The smallest absolute Gasteiger partial charge is 0.270 e. The maximum absolute atomic E-state index is 12.8. The number of piperidine rings is 1. The van der Waals surface area contributed by atoms with Gasteiger partial charge in [0, 0.05) is 38.6 Å². The normalized spacial score (nSPS) is 26.1. The Morgan fingerprint density at radius 3 is 3.08 bits per heavy atom. The van der Waals surface area contributed by atoms with Gasteiger partial charge in [0.2, 0.25) is 0 Å². The Morgan fingerprint density at radius 2 is 2.32 bits per heavy atom. The van der Waals surface area contributed by atoms with E-state index >= 15 is 0 Å². The van der Waals surface area contributed by atoms with Crippen LogP contribution in [0.25, 0.3) is 0 Å². The highest BCUT2D eigenvalue weighted by Crippen LogP contribution is 2.36. The van der Waals surface area contributed by atoms with E-state index in [1.807, 2.05) is 53.2 Å². The van der Waals surface area contributed by atoms with Gasteiger partial charge >= 0.3 is 0 Å². The van der Waals surface area contributed by atoms with Crippen LogP contribution in [0, 0.1) is 0 Å². The Morgan fingerprint density at radius 1 is 1.40 bits per heavy atom. The highest BCUT2D eigenvalue weighted by Gasteiger charge is 2.44. The summed E-state index contributed by atoms with van der Waals surface area (Å²) in [5.74, 6) is 0.0962. The van der Waals surface area contributed by atoms with Gasteiger partial charge in [-0.15, -0.1) is 0 Å². The Kier molecular flexibility index (Phi) is 4.21. The SMILES string of the molecule is Cn1cccc1C(=O)N1CCC[C@@]2(C[C@@H](Nc3cccnc3)CO2)C1. The number of carbonyl (C=O) groups excluding carboxylic acids is 1. The quantitative estimate of drug-likeness (QED) is 0.931. The van der Waals surface area contributed by atoms with Gasteiger partial charge in [0.1, 0.15) is 5.69 Å². The third kappa shape index (κ3) is 3.26. The summed E-state index contributed by atoms with van der Waals surface area (Å²) in [4.78, 5) is 18.9. The Labute approximate surface area is 147 Å². The van der Waals surface area contributed by atoms with Crippen molar-refractivity contribution in [2.24, 2.45) is 7.05 Å². The summed E-state index contributed by atoms with van der Waals surface area (Å²) in [6, 6.07) is 7.99. The van der Waals surface area contributed by atoms with Crippen molar-refractivity contribution in [3.05, 3.63) is 48.5 Å². The molecule has 1 amide bonds. The van der Waals surface area contributed by atoms with E-state index in [1.165, 1.54) is 0 Å². The van der Waals surface area contributed by atoms with Gasteiger partial charge in [0.25, 0.3) is 5.91 Å². The van der Waals surface area contributed by atoms with Crippen LogP contribution in [0.3, 0.4) is 0 Å². The zero-order valence-electron chi connectivity index (χ0n) is 14.5. The molecule has 2 saturated heterocycles. The van der Waals surface area contributed by atoms with Crippen molar-refractivity contribution >= 4 is 11.6 Å². The summed E-state index contributed by atoms with van der Waals surface area (Å²) in [5.41, 5.74) is 1.53. The molecule has 132 valence electrons. The van der Waals surface area contributed by atoms with E-state index in [1.54, 1.807) is 6.20 Å². The molecular weight excluding hydrogens is 316 g/mol. The molecule has 0 radical (unpaired) electrons. The number of aromatic nitrogens is 2. The van der Waals surface area contributed by atoms with Crippen LogP contribution in [0.5, 0.6) is 0 Å². The van der Waals surface area contributed by atoms with Crippen LogP contribution >= 0.6 is 0 Å². The second-order valence-electron chi connectivity index (χ2n) is 7.12. The Balaban J connectivity index is 1.42. The van der Waals surface area contributed by atoms with E-state index in [-0.39, 0.29) is 17.6 Å². The third-order valence-corrected chi connectivity index (χ3v) is 5.23. The van der Waals surface area contributed by atoms with Crippen LogP contribution in [0.15, 0.2) is 42.9 Å². The van der Waals surface area contributed by atoms with Gasteiger partial charge in [-0.2, -0.15) is 0 Å². The van der Waals surface area contributed by atoms with Crippen molar-refractivity contribution in [3.63, 3.8) is 0 Å². The highest BCUT2D eigenvalue weighted by molar-refractivity contribution is 5.92. The fourth-order valence-electron chi connectivity index (χ4n) is 4.02. The van der Waals surface area contributed by atoms with Gasteiger partial charge in [-0.1, -0.05) is 0 Å². The Hall–Kier alpha value is -2.34. The molecule has 0 aromatic carbocycles. The highest BCUT2D eigenvalue weighted by atomic mass is 16.5. The monoisotopic (exact) mass is 340 g/mol. The summed E-state index contributed by atoms with van der Waals surface area (Å²) < 4.78 is 8.09. The minimum atomic E-state index is -0.223. The van der Waals surface area contributed by atoms with Crippen molar-refractivity contribution in [2.75, 3.05) is 25.0 Å². The number of nitrogens with one attached hydrogen (secondary N) is 1. The van der Waals surface area contributed by atoms with E-state index in [0.29, 0.717) is 13.2 Å². The van der Waals surface area contributed by atoms with E-state index < -0.39 is 0 Å². The van der Waals surface area contributed by atoms with Crippen molar-refractivity contribution in [1.29, 1.82) is 0 Å². The average molecular weight is 340 g/mol. The van der Waals surface area contributed by atoms with Gasteiger partial charge in [-0.05, 0) is 37.1 Å². The minimum absolute atomic E-state index is 0.0962. The molecule has 4 rings (SSSR count). The number of hydrogen-bond acceptors (Lipinski definition) is 4. The molecule has 0 aliphatic carbocycles. The third-order valence-electron chi connectivity index (χ3n) is 5.23. The number of anilines is 1. The molecule has 0 saturated carbocycles. The maximum Gasteiger partial charge on any atom is 0.270 e. The van der Waals surface area contributed by atoms with Crippen molar-refractivity contribution < 1.29 is 9.53 Å². The molecule has 6 heteroatoms. The predicted octanol–water partition coefficient (Wildman–Crippen LogP) is 2.30.